The van der Waals surface area contributed by atoms with Gasteiger partial charge in [-0.1, -0.05) is 30.8 Å². The molecule has 0 saturated carbocycles. The molecule has 0 aromatic carbocycles. The van der Waals surface area contributed by atoms with Gasteiger partial charge in [-0.3, -0.25) is 9.20 Å². The van der Waals surface area contributed by atoms with Crippen LogP contribution in [0.4, 0.5) is 5.82 Å². The second-order valence-corrected chi connectivity index (χ2v) is 9.04. The van der Waals surface area contributed by atoms with Crippen LogP contribution in [-0.4, -0.2) is 36.4 Å². The van der Waals surface area contributed by atoms with Crippen molar-refractivity contribution in [1.29, 1.82) is 0 Å². The highest BCUT2D eigenvalue weighted by molar-refractivity contribution is 7.99. The Labute approximate surface area is 169 Å². The van der Waals surface area contributed by atoms with Crippen LogP contribution in [0, 0.1) is 20.8 Å². The van der Waals surface area contributed by atoms with E-state index >= 15 is 0 Å². The van der Waals surface area contributed by atoms with E-state index in [1.54, 1.807) is 24.3 Å². The quantitative estimate of drug-likeness (QED) is 0.489. The van der Waals surface area contributed by atoms with E-state index in [0.717, 1.165) is 21.7 Å². The van der Waals surface area contributed by atoms with Gasteiger partial charge in [0.15, 0.2) is 16.6 Å². The molecular weight excluding hydrogens is 396 g/mol. The molecule has 4 aromatic heterocycles. The van der Waals surface area contributed by atoms with Crippen LogP contribution >= 0.6 is 23.1 Å². The summed E-state index contributed by atoms with van der Waals surface area (Å²) in [6, 6.07) is 1.67. The molecule has 4 aromatic rings. The first-order valence-electron chi connectivity index (χ1n) is 8.86. The van der Waals surface area contributed by atoms with Crippen molar-refractivity contribution in [3.8, 4) is 0 Å². The Morgan fingerprint density at radius 2 is 2.11 bits per heavy atom. The Bertz CT molecular complexity index is 1190. The Hall–Kier alpha value is -2.46. The van der Waals surface area contributed by atoms with E-state index < -0.39 is 0 Å². The van der Waals surface area contributed by atoms with Crippen molar-refractivity contribution in [3.63, 3.8) is 0 Å². The number of amides is 1. The molecule has 146 valence electrons. The minimum absolute atomic E-state index is 0.183. The normalized spacial score (nSPS) is 11.8. The zero-order valence-corrected chi connectivity index (χ0v) is 17.9. The summed E-state index contributed by atoms with van der Waals surface area (Å²) in [6.07, 6.45) is 0. The summed E-state index contributed by atoms with van der Waals surface area (Å²) >= 11 is 3.00. The number of carbonyl (C=O) groups is 1. The van der Waals surface area contributed by atoms with Crippen molar-refractivity contribution >= 4 is 50.7 Å². The van der Waals surface area contributed by atoms with E-state index in [1.165, 1.54) is 22.2 Å². The van der Waals surface area contributed by atoms with Crippen molar-refractivity contribution in [3.05, 3.63) is 28.1 Å². The fourth-order valence-corrected chi connectivity index (χ4v) is 4.73. The zero-order valence-electron chi connectivity index (χ0n) is 16.2. The minimum Gasteiger partial charge on any atom is -0.360 e. The van der Waals surface area contributed by atoms with Gasteiger partial charge in [0.1, 0.15) is 16.4 Å². The van der Waals surface area contributed by atoms with E-state index in [1.807, 2.05) is 4.40 Å². The van der Waals surface area contributed by atoms with Crippen LogP contribution in [0.2, 0.25) is 0 Å². The van der Waals surface area contributed by atoms with E-state index in [4.69, 9.17) is 9.51 Å². The van der Waals surface area contributed by atoms with Gasteiger partial charge in [0.25, 0.3) is 0 Å². The van der Waals surface area contributed by atoms with Crippen molar-refractivity contribution < 1.29 is 9.32 Å². The summed E-state index contributed by atoms with van der Waals surface area (Å²) in [5.41, 5.74) is 1.97. The number of anilines is 1. The molecule has 0 spiro atoms. The van der Waals surface area contributed by atoms with Gasteiger partial charge in [-0.25, -0.2) is 4.98 Å². The zero-order chi connectivity index (χ0) is 20.0. The lowest BCUT2D eigenvalue weighted by Gasteiger charge is -2.10. The lowest BCUT2D eigenvalue weighted by atomic mass is 10.2. The molecule has 0 saturated heterocycles. The number of nitrogens with zero attached hydrogens (tertiary/aromatic N) is 5. The number of thiophene rings is 1. The third-order valence-corrected chi connectivity index (χ3v) is 6.44. The second-order valence-electron chi connectivity index (χ2n) is 6.89. The van der Waals surface area contributed by atoms with Gasteiger partial charge in [-0.2, -0.15) is 0 Å². The Morgan fingerprint density at radius 3 is 2.79 bits per heavy atom. The maximum absolute atomic E-state index is 12.3. The highest BCUT2D eigenvalue weighted by Gasteiger charge is 2.21. The fraction of sp³-hybridized carbons (Fsp3) is 0.389. The number of fused-ring (bicyclic) bond motifs is 3. The first-order valence-corrected chi connectivity index (χ1v) is 10.7. The number of thioether (sulfide) groups is 1. The lowest BCUT2D eigenvalue weighted by molar-refractivity contribution is -0.113. The first-order chi connectivity index (χ1) is 13.3. The number of hydrogen-bond acceptors (Lipinski definition) is 8. The molecule has 0 aliphatic carbocycles. The first kappa shape index (κ1) is 18.9. The molecule has 8 nitrogen and oxygen atoms in total. The van der Waals surface area contributed by atoms with E-state index in [-0.39, 0.29) is 17.6 Å². The molecule has 1 N–H and O–H groups in total. The van der Waals surface area contributed by atoms with Crippen LogP contribution in [0.15, 0.2) is 15.7 Å². The SMILES string of the molecule is Cc1cc(NC(=O)CSc2nnc3c4c(C)c(C)sc4nc(C(C)C)n23)no1. The number of rotatable bonds is 5. The lowest BCUT2D eigenvalue weighted by Crippen LogP contribution is -2.14. The molecule has 10 heteroatoms. The Balaban J connectivity index is 1.67. The van der Waals surface area contributed by atoms with Gasteiger partial charge in [0, 0.05) is 16.9 Å². The van der Waals surface area contributed by atoms with Crippen LogP contribution in [-0.2, 0) is 4.79 Å². The van der Waals surface area contributed by atoms with Crippen molar-refractivity contribution in [2.75, 3.05) is 11.1 Å². The molecule has 0 aliphatic rings. The van der Waals surface area contributed by atoms with Crippen LogP contribution < -0.4 is 5.32 Å². The summed E-state index contributed by atoms with van der Waals surface area (Å²) in [4.78, 5) is 19.3. The summed E-state index contributed by atoms with van der Waals surface area (Å²) < 4.78 is 6.94. The van der Waals surface area contributed by atoms with Crippen LogP contribution in [0.3, 0.4) is 0 Å². The van der Waals surface area contributed by atoms with Gasteiger partial charge >= 0.3 is 0 Å². The topological polar surface area (TPSA) is 98.2 Å². The molecule has 4 rings (SSSR count). The molecule has 0 fully saturated rings. The van der Waals surface area contributed by atoms with Gasteiger partial charge in [-0.05, 0) is 26.3 Å². The summed E-state index contributed by atoms with van der Waals surface area (Å²) in [5, 5.41) is 17.0. The third kappa shape index (κ3) is 3.26. The maximum atomic E-state index is 12.3. The van der Waals surface area contributed by atoms with E-state index in [9.17, 15) is 4.79 Å². The predicted octanol–water partition coefficient (Wildman–Crippen LogP) is 4.11. The molecule has 1 amide bonds. The third-order valence-electron chi connectivity index (χ3n) is 4.41. The number of aromatic nitrogens is 5. The van der Waals surface area contributed by atoms with Crippen LogP contribution in [0.1, 0.15) is 41.8 Å². The largest absolute Gasteiger partial charge is 0.360 e. The average molecular weight is 417 g/mol. The monoisotopic (exact) mass is 416 g/mol. The smallest absolute Gasteiger partial charge is 0.236 e. The maximum Gasteiger partial charge on any atom is 0.236 e. The van der Waals surface area contributed by atoms with Gasteiger partial charge in [-0.15, -0.1) is 21.5 Å². The van der Waals surface area contributed by atoms with E-state index in [2.05, 4.69) is 48.4 Å². The van der Waals surface area contributed by atoms with Crippen LogP contribution in [0.25, 0.3) is 15.9 Å². The number of hydrogen-bond donors (Lipinski definition) is 1. The molecule has 0 radical (unpaired) electrons. The predicted molar refractivity (Wildman–Crippen MR) is 110 cm³/mol. The van der Waals surface area contributed by atoms with Crippen molar-refractivity contribution in [2.45, 2.75) is 45.7 Å². The number of aryl methyl sites for hydroxylation is 3. The molecular formula is C18H20N6O2S2. The average Bonchev–Trinajstić information content (AvgIpc) is 3.31. The number of nitrogens with one attached hydrogen (secondary N) is 1. The van der Waals surface area contributed by atoms with E-state index in [0.29, 0.717) is 16.7 Å². The highest BCUT2D eigenvalue weighted by atomic mass is 32.2. The minimum atomic E-state index is -0.183. The highest BCUT2D eigenvalue weighted by Crippen LogP contribution is 2.34. The molecule has 0 atom stereocenters. The Morgan fingerprint density at radius 1 is 1.32 bits per heavy atom. The summed E-state index contributed by atoms with van der Waals surface area (Å²) in [6.45, 7) is 10.1. The molecule has 0 aliphatic heterocycles. The van der Waals surface area contributed by atoms with Crippen LogP contribution in [0.5, 0.6) is 0 Å². The summed E-state index contributed by atoms with van der Waals surface area (Å²) in [5.74, 6) is 2.14. The molecule has 0 bridgehead atoms. The van der Waals surface area contributed by atoms with Gasteiger partial charge < -0.3 is 9.84 Å². The fourth-order valence-electron chi connectivity index (χ4n) is 2.96. The molecule has 28 heavy (non-hydrogen) atoms. The standard InChI is InChI=1S/C18H20N6O2S2/c1-8(2)15-20-17-14(10(4)11(5)28-17)16-21-22-18(24(15)16)27-7-13(25)19-12-6-9(3)26-23-12/h6,8H,7H2,1-5H3,(H,19,23,25). The summed E-state index contributed by atoms with van der Waals surface area (Å²) in [7, 11) is 0. The second kappa shape index (κ2) is 7.17. The molecule has 4 heterocycles. The van der Waals surface area contributed by atoms with Gasteiger partial charge in [0.05, 0.1) is 11.1 Å². The number of carbonyl (C=O) groups excluding carboxylic acids is 1. The Kier molecular flexibility index (Phi) is 4.84. The van der Waals surface area contributed by atoms with Crippen molar-refractivity contribution in [1.82, 2.24) is 24.7 Å². The van der Waals surface area contributed by atoms with Gasteiger partial charge in [0.2, 0.25) is 5.91 Å². The van der Waals surface area contributed by atoms with Crippen molar-refractivity contribution in [2.24, 2.45) is 0 Å². The molecule has 0 unspecified atom stereocenters.